The van der Waals surface area contributed by atoms with Crippen molar-refractivity contribution in [3.05, 3.63) is 35.4 Å². The van der Waals surface area contributed by atoms with Crippen molar-refractivity contribution in [1.29, 1.82) is 0 Å². The maximum atomic E-state index is 11.7. The average Bonchev–Trinajstić information content (AvgIpc) is 2.42. The molecule has 0 N–H and O–H groups in total. The first kappa shape index (κ1) is 15.9. The summed E-state index contributed by atoms with van der Waals surface area (Å²) in [5.41, 5.74) is -0.174. The molecule has 0 radical (unpaired) electrons. The number of benzene rings is 1. The molecule has 7 heteroatoms. The van der Waals surface area contributed by atoms with Crippen molar-refractivity contribution in [2.24, 2.45) is 0 Å². The largest absolute Gasteiger partial charge is 0.465 e. The van der Waals surface area contributed by atoms with Gasteiger partial charge in [-0.1, -0.05) is 18.2 Å². The van der Waals surface area contributed by atoms with Gasteiger partial charge in [0.2, 0.25) is 0 Å². The highest BCUT2D eigenvalue weighted by Gasteiger charge is 2.21. The van der Waals surface area contributed by atoms with Gasteiger partial charge in [-0.15, -0.1) is 0 Å². The zero-order valence-electron chi connectivity index (χ0n) is 11.2. The van der Waals surface area contributed by atoms with Gasteiger partial charge in [-0.2, -0.15) is 0 Å². The van der Waals surface area contributed by atoms with Crippen LogP contribution in [-0.2, 0) is 28.9 Å². The van der Waals surface area contributed by atoms with Gasteiger partial charge in [0.05, 0.1) is 19.1 Å². The molecule has 0 aliphatic carbocycles. The Balaban J connectivity index is 3.47. The first-order valence-corrected chi connectivity index (χ1v) is 7.37. The van der Waals surface area contributed by atoms with Crippen LogP contribution < -0.4 is 0 Å². The normalized spacial score (nSPS) is 10.6. The number of hydrogen-bond acceptors (Lipinski definition) is 6. The maximum absolute atomic E-state index is 11.7. The van der Waals surface area contributed by atoms with Crippen molar-refractivity contribution in [2.75, 3.05) is 20.5 Å². The molecule has 0 spiro atoms. The van der Waals surface area contributed by atoms with E-state index < -0.39 is 21.8 Å². The Hall–Kier alpha value is -2.15. The summed E-state index contributed by atoms with van der Waals surface area (Å²) in [6.45, 7) is 0. The first-order valence-electron chi connectivity index (χ1n) is 5.48. The van der Waals surface area contributed by atoms with Crippen molar-refractivity contribution in [1.82, 2.24) is 0 Å². The minimum Gasteiger partial charge on any atom is -0.465 e. The molecule has 1 aromatic rings. The molecule has 0 saturated carbocycles. The van der Waals surface area contributed by atoms with E-state index in [1.807, 2.05) is 0 Å². The molecule has 0 unspecified atom stereocenters. The first-order chi connectivity index (χ1) is 9.31. The molecule has 0 amide bonds. The molecule has 1 aromatic carbocycles. The molecule has 0 aromatic heterocycles. The molecule has 20 heavy (non-hydrogen) atoms. The quantitative estimate of drug-likeness (QED) is 0.354. The summed E-state index contributed by atoms with van der Waals surface area (Å²) in [5, 5.41) is 0. The van der Waals surface area contributed by atoms with Crippen LogP contribution >= 0.6 is 0 Å². The molecule has 1 rings (SSSR count). The van der Waals surface area contributed by atoms with Gasteiger partial charge in [0.25, 0.3) is 0 Å². The fourth-order valence-corrected chi connectivity index (χ4v) is 2.39. The SMILES string of the molecule is COC(=O)C(=Cc1ccccc1S(C)(=O)=O)C(=O)OC. The van der Waals surface area contributed by atoms with Gasteiger partial charge in [-0.3, -0.25) is 0 Å². The fraction of sp³-hybridized carbons (Fsp3) is 0.231. The predicted octanol–water partition coefficient (Wildman–Crippen LogP) is 0.819. The number of ether oxygens (including phenoxy) is 2. The number of esters is 2. The lowest BCUT2D eigenvalue weighted by molar-refractivity contribution is -0.143. The second-order valence-corrected chi connectivity index (χ2v) is 5.84. The zero-order chi connectivity index (χ0) is 15.3. The van der Waals surface area contributed by atoms with E-state index in [2.05, 4.69) is 9.47 Å². The van der Waals surface area contributed by atoms with Crippen LogP contribution in [0.1, 0.15) is 5.56 Å². The van der Waals surface area contributed by atoms with Gasteiger partial charge in [-0.05, 0) is 17.7 Å². The van der Waals surface area contributed by atoms with Gasteiger partial charge < -0.3 is 9.47 Å². The molecule has 6 nitrogen and oxygen atoms in total. The third kappa shape index (κ3) is 3.67. The van der Waals surface area contributed by atoms with E-state index >= 15 is 0 Å². The maximum Gasteiger partial charge on any atom is 0.345 e. The van der Waals surface area contributed by atoms with Gasteiger partial charge in [-0.25, -0.2) is 18.0 Å². The summed E-state index contributed by atoms with van der Waals surface area (Å²) in [5.74, 6) is -1.81. The molecule has 0 saturated heterocycles. The number of carbonyl (C=O) groups is 2. The monoisotopic (exact) mass is 298 g/mol. The van der Waals surface area contributed by atoms with E-state index in [1.165, 1.54) is 12.1 Å². The second kappa shape index (κ2) is 6.33. The van der Waals surface area contributed by atoms with Crippen molar-refractivity contribution in [3.8, 4) is 0 Å². The van der Waals surface area contributed by atoms with Gasteiger partial charge in [0.15, 0.2) is 9.84 Å². The number of rotatable bonds is 4. The molecule has 0 heterocycles. The van der Waals surface area contributed by atoms with Crippen LogP contribution in [-0.4, -0.2) is 40.8 Å². The van der Waals surface area contributed by atoms with Crippen molar-refractivity contribution >= 4 is 27.9 Å². The lowest BCUT2D eigenvalue weighted by Gasteiger charge is -2.06. The average molecular weight is 298 g/mol. The zero-order valence-corrected chi connectivity index (χ0v) is 12.1. The number of sulfone groups is 1. The third-order valence-electron chi connectivity index (χ3n) is 2.43. The van der Waals surface area contributed by atoms with Crippen LogP contribution in [0.4, 0.5) is 0 Å². The molecule has 0 aliphatic heterocycles. The summed E-state index contributed by atoms with van der Waals surface area (Å²) in [6, 6.07) is 5.99. The molecule has 0 atom stereocenters. The molecule has 108 valence electrons. The molecule has 0 aliphatic rings. The summed E-state index contributed by atoms with van der Waals surface area (Å²) >= 11 is 0. The lowest BCUT2D eigenvalue weighted by Crippen LogP contribution is -2.16. The molecule has 0 fully saturated rings. The Morgan fingerprint density at radius 1 is 1.05 bits per heavy atom. The van der Waals surface area contributed by atoms with Crippen LogP contribution in [0.5, 0.6) is 0 Å². The number of carbonyl (C=O) groups excluding carboxylic acids is 2. The van der Waals surface area contributed by atoms with Crippen LogP contribution in [0.15, 0.2) is 34.7 Å². The van der Waals surface area contributed by atoms with Crippen molar-refractivity contribution in [2.45, 2.75) is 4.90 Å². The van der Waals surface area contributed by atoms with Gasteiger partial charge in [0.1, 0.15) is 5.57 Å². The highest BCUT2D eigenvalue weighted by atomic mass is 32.2. The van der Waals surface area contributed by atoms with E-state index in [4.69, 9.17) is 0 Å². The van der Waals surface area contributed by atoms with Crippen LogP contribution in [0.3, 0.4) is 0 Å². The van der Waals surface area contributed by atoms with E-state index in [1.54, 1.807) is 12.1 Å². The molecule has 0 bridgehead atoms. The Morgan fingerprint density at radius 3 is 2.00 bits per heavy atom. The van der Waals surface area contributed by atoms with E-state index in [9.17, 15) is 18.0 Å². The topological polar surface area (TPSA) is 86.7 Å². The Kier molecular flexibility index (Phi) is 5.04. The summed E-state index contributed by atoms with van der Waals surface area (Å²) in [4.78, 5) is 23.1. The minimum absolute atomic E-state index is 0.00491. The summed E-state index contributed by atoms with van der Waals surface area (Å²) in [6.07, 6.45) is 2.17. The van der Waals surface area contributed by atoms with Crippen LogP contribution in [0, 0.1) is 0 Å². The Labute approximate surface area is 116 Å². The summed E-state index contributed by atoms with van der Waals surface area (Å²) < 4.78 is 32.3. The smallest absolute Gasteiger partial charge is 0.345 e. The van der Waals surface area contributed by atoms with E-state index in [0.717, 1.165) is 26.6 Å². The number of methoxy groups -OCH3 is 2. The Bertz CT molecular complexity index is 639. The minimum atomic E-state index is -3.49. The van der Waals surface area contributed by atoms with Gasteiger partial charge in [0, 0.05) is 6.26 Å². The second-order valence-electron chi connectivity index (χ2n) is 3.85. The lowest BCUT2D eigenvalue weighted by atomic mass is 10.1. The van der Waals surface area contributed by atoms with E-state index in [0.29, 0.717) is 0 Å². The summed E-state index contributed by atoms with van der Waals surface area (Å²) in [7, 11) is -1.27. The highest BCUT2D eigenvalue weighted by Crippen LogP contribution is 2.19. The standard InChI is InChI=1S/C13H14O6S/c1-18-12(14)10(13(15)19-2)8-9-6-4-5-7-11(9)20(3,16)17/h4-8H,1-3H3. The molecular formula is C13H14O6S. The van der Waals surface area contributed by atoms with Crippen molar-refractivity contribution < 1.29 is 27.5 Å². The van der Waals surface area contributed by atoms with E-state index in [-0.39, 0.29) is 16.0 Å². The fourth-order valence-electron chi connectivity index (χ4n) is 1.51. The molecular weight excluding hydrogens is 284 g/mol. The highest BCUT2D eigenvalue weighted by molar-refractivity contribution is 7.90. The van der Waals surface area contributed by atoms with Crippen LogP contribution in [0.2, 0.25) is 0 Å². The Morgan fingerprint density at radius 2 is 1.55 bits per heavy atom. The third-order valence-corrected chi connectivity index (χ3v) is 3.60. The van der Waals surface area contributed by atoms with Gasteiger partial charge >= 0.3 is 11.9 Å². The number of hydrogen-bond donors (Lipinski definition) is 0. The van der Waals surface area contributed by atoms with Crippen molar-refractivity contribution in [3.63, 3.8) is 0 Å². The predicted molar refractivity (Wildman–Crippen MR) is 71.6 cm³/mol. The van der Waals surface area contributed by atoms with Crippen LogP contribution in [0.25, 0.3) is 6.08 Å².